The van der Waals surface area contributed by atoms with E-state index in [9.17, 15) is 0 Å². The fraction of sp³-hybridized carbons (Fsp3) is 0.400. The van der Waals surface area contributed by atoms with E-state index in [0.29, 0.717) is 6.61 Å². The lowest BCUT2D eigenvalue weighted by molar-refractivity contribution is 0.205. The van der Waals surface area contributed by atoms with E-state index >= 15 is 0 Å². The number of hydrogen-bond donors (Lipinski definition) is 0. The summed E-state index contributed by atoms with van der Waals surface area (Å²) in [5.74, 6) is 2.38. The van der Waals surface area contributed by atoms with Gasteiger partial charge in [0.1, 0.15) is 12.4 Å². The maximum atomic E-state index is 5.97. The van der Waals surface area contributed by atoms with E-state index in [2.05, 4.69) is 18.7 Å². The summed E-state index contributed by atoms with van der Waals surface area (Å²) in [5, 5.41) is 0. The maximum Gasteiger partial charge on any atom is 0.169 e. The molecule has 0 bridgehead atoms. The van der Waals surface area contributed by atoms with Gasteiger partial charge in [0.2, 0.25) is 0 Å². The Balaban J connectivity index is 1.92. The van der Waals surface area contributed by atoms with Crippen LogP contribution in [0.2, 0.25) is 0 Å². The minimum Gasteiger partial charge on any atom is -0.488 e. The number of benzene rings is 2. The first-order valence-corrected chi connectivity index (χ1v) is 8.50. The Morgan fingerprint density at radius 2 is 1.35 bits per heavy atom. The summed E-state index contributed by atoms with van der Waals surface area (Å²) in [6.45, 7) is 8.30. The highest BCUT2D eigenvalue weighted by Crippen LogP contribution is 2.30. The van der Waals surface area contributed by atoms with Crippen LogP contribution >= 0.6 is 0 Å². The van der Waals surface area contributed by atoms with Crippen molar-refractivity contribution < 1.29 is 9.47 Å². The molecule has 0 spiro atoms. The Morgan fingerprint density at radius 1 is 0.739 bits per heavy atom. The van der Waals surface area contributed by atoms with E-state index in [4.69, 9.17) is 9.47 Å². The predicted molar refractivity (Wildman–Crippen MR) is 95.5 cm³/mol. The minimum absolute atomic E-state index is 0.676. The number of para-hydroxylation sites is 3. The fourth-order valence-electron chi connectivity index (χ4n) is 2.52. The van der Waals surface area contributed by atoms with Crippen LogP contribution in [0.25, 0.3) is 0 Å². The average molecular weight is 313 g/mol. The molecular formula is C20H27NO2. The van der Waals surface area contributed by atoms with Gasteiger partial charge < -0.3 is 9.47 Å². The number of hydrogen-bond acceptors (Lipinski definition) is 3. The zero-order valence-electron chi connectivity index (χ0n) is 14.2. The molecule has 0 aliphatic heterocycles. The lowest BCUT2D eigenvalue weighted by Crippen LogP contribution is -2.30. The van der Waals surface area contributed by atoms with Gasteiger partial charge in [0, 0.05) is 6.54 Å². The predicted octanol–water partition coefficient (Wildman–Crippen LogP) is 4.98. The van der Waals surface area contributed by atoms with Crippen LogP contribution in [0.5, 0.6) is 17.2 Å². The zero-order valence-corrected chi connectivity index (χ0v) is 14.2. The lowest BCUT2D eigenvalue weighted by atomic mass is 10.3. The molecule has 0 aliphatic carbocycles. The second-order valence-corrected chi connectivity index (χ2v) is 5.55. The van der Waals surface area contributed by atoms with Gasteiger partial charge in [-0.15, -0.1) is 0 Å². The molecule has 2 aromatic carbocycles. The Hall–Kier alpha value is -2.00. The average Bonchev–Trinajstić information content (AvgIpc) is 2.58. The van der Waals surface area contributed by atoms with E-state index in [1.54, 1.807) is 0 Å². The standard InChI is InChI=1S/C20H27NO2/c1-3-14-21(15-4-2)16-17-22-19-12-8-9-13-20(19)23-18-10-6-5-7-11-18/h5-13H,3-4,14-17H2,1-2H3. The second kappa shape index (κ2) is 9.90. The molecule has 23 heavy (non-hydrogen) atoms. The van der Waals surface area contributed by atoms with Gasteiger partial charge in [-0.25, -0.2) is 0 Å². The van der Waals surface area contributed by atoms with Gasteiger partial charge in [-0.05, 0) is 50.2 Å². The summed E-state index contributed by atoms with van der Waals surface area (Å²) >= 11 is 0. The molecule has 2 rings (SSSR count). The smallest absolute Gasteiger partial charge is 0.169 e. The third kappa shape index (κ3) is 5.95. The van der Waals surface area contributed by atoms with Crippen LogP contribution in [0, 0.1) is 0 Å². The quantitative estimate of drug-likeness (QED) is 0.617. The van der Waals surface area contributed by atoms with Crippen LogP contribution in [0.3, 0.4) is 0 Å². The fourth-order valence-corrected chi connectivity index (χ4v) is 2.52. The molecule has 124 valence electrons. The van der Waals surface area contributed by atoms with Gasteiger partial charge in [0.05, 0.1) is 0 Å². The van der Waals surface area contributed by atoms with Crippen LogP contribution in [-0.2, 0) is 0 Å². The maximum absolute atomic E-state index is 5.97. The third-order valence-electron chi connectivity index (χ3n) is 3.56. The van der Waals surface area contributed by atoms with Gasteiger partial charge in [-0.3, -0.25) is 4.90 Å². The summed E-state index contributed by atoms with van der Waals surface area (Å²) in [5.41, 5.74) is 0. The molecule has 0 N–H and O–H groups in total. The largest absolute Gasteiger partial charge is 0.488 e. The molecule has 0 aromatic heterocycles. The third-order valence-corrected chi connectivity index (χ3v) is 3.56. The van der Waals surface area contributed by atoms with Gasteiger partial charge in [-0.1, -0.05) is 44.2 Å². The number of nitrogens with zero attached hydrogens (tertiary/aromatic N) is 1. The Kier molecular flexibility index (Phi) is 7.47. The van der Waals surface area contributed by atoms with Crippen LogP contribution < -0.4 is 9.47 Å². The van der Waals surface area contributed by atoms with Crippen molar-refractivity contribution >= 4 is 0 Å². The van der Waals surface area contributed by atoms with Gasteiger partial charge >= 0.3 is 0 Å². The van der Waals surface area contributed by atoms with Gasteiger partial charge in [0.15, 0.2) is 11.5 Å². The van der Waals surface area contributed by atoms with E-state index < -0.39 is 0 Å². The van der Waals surface area contributed by atoms with Crippen LogP contribution in [0.1, 0.15) is 26.7 Å². The molecule has 0 amide bonds. The first-order chi connectivity index (χ1) is 11.3. The van der Waals surface area contributed by atoms with Crippen molar-refractivity contribution in [1.82, 2.24) is 4.90 Å². The molecular weight excluding hydrogens is 286 g/mol. The molecule has 2 aromatic rings. The van der Waals surface area contributed by atoms with Crippen molar-refractivity contribution in [2.75, 3.05) is 26.2 Å². The van der Waals surface area contributed by atoms with E-state index in [1.165, 1.54) is 12.8 Å². The first kappa shape index (κ1) is 17.4. The number of rotatable bonds is 10. The molecule has 0 atom stereocenters. The van der Waals surface area contributed by atoms with E-state index in [0.717, 1.165) is 36.9 Å². The summed E-state index contributed by atoms with van der Waals surface area (Å²) in [6.07, 6.45) is 2.35. The summed E-state index contributed by atoms with van der Waals surface area (Å²) in [7, 11) is 0. The van der Waals surface area contributed by atoms with Crippen molar-refractivity contribution in [3.63, 3.8) is 0 Å². The molecule has 0 aliphatic rings. The molecule has 0 saturated carbocycles. The summed E-state index contributed by atoms with van der Waals surface area (Å²) < 4.78 is 11.9. The molecule has 0 fully saturated rings. The van der Waals surface area contributed by atoms with Crippen molar-refractivity contribution in [3.05, 3.63) is 54.6 Å². The molecule has 0 unspecified atom stereocenters. The van der Waals surface area contributed by atoms with Crippen LogP contribution in [-0.4, -0.2) is 31.1 Å². The SMILES string of the molecule is CCCN(CCC)CCOc1ccccc1Oc1ccccc1. The van der Waals surface area contributed by atoms with Crippen molar-refractivity contribution in [3.8, 4) is 17.2 Å². The highest BCUT2D eigenvalue weighted by molar-refractivity contribution is 5.42. The van der Waals surface area contributed by atoms with E-state index in [-0.39, 0.29) is 0 Å². The Bertz CT molecular complexity index is 551. The van der Waals surface area contributed by atoms with Crippen LogP contribution in [0.4, 0.5) is 0 Å². The van der Waals surface area contributed by atoms with Gasteiger partial charge in [0.25, 0.3) is 0 Å². The summed E-state index contributed by atoms with van der Waals surface area (Å²) in [4.78, 5) is 2.45. The minimum atomic E-state index is 0.676. The normalized spacial score (nSPS) is 10.7. The first-order valence-electron chi connectivity index (χ1n) is 8.50. The van der Waals surface area contributed by atoms with Crippen molar-refractivity contribution in [2.24, 2.45) is 0 Å². The molecule has 3 nitrogen and oxygen atoms in total. The molecule has 0 heterocycles. The van der Waals surface area contributed by atoms with Gasteiger partial charge in [-0.2, -0.15) is 0 Å². The van der Waals surface area contributed by atoms with Crippen LogP contribution in [0.15, 0.2) is 54.6 Å². The zero-order chi connectivity index (χ0) is 16.3. The number of ether oxygens (including phenoxy) is 2. The molecule has 0 radical (unpaired) electrons. The second-order valence-electron chi connectivity index (χ2n) is 5.55. The Labute approximate surface area is 139 Å². The summed E-state index contributed by atoms with van der Waals surface area (Å²) in [6, 6.07) is 17.6. The topological polar surface area (TPSA) is 21.7 Å². The highest BCUT2D eigenvalue weighted by atomic mass is 16.5. The van der Waals surface area contributed by atoms with Crippen molar-refractivity contribution in [1.29, 1.82) is 0 Å². The molecule has 0 saturated heterocycles. The van der Waals surface area contributed by atoms with Crippen molar-refractivity contribution in [2.45, 2.75) is 26.7 Å². The Morgan fingerprint density at radius 3 is 2.00 bits per heavy atom. The monoisotopic (exact) mass is 313 g/mol. The molecule has 3 heteroatoms. The highest BCUT2D eigenvalue weighted by Gasteiger charge is 2.07. The lowest BCUT2D eigenvalue weighted by Gasteiger charge is -2.21. The van der Waals surface area contributed by atoms with E-state index in [1.807, 2.05) is 54.6 Å².